The molecule has 1 aromatic rings. The predicted octanol–water partition coefficient (Wildman–Crippen LogP) is 1.57. The fourth-order valence-electron chi connectivity index (χ4n) is 2.47. The molecule has 1 saturated carbocycles. The summed E-state index contributed by atoms with van der Waals surface area (Å²) < 4.78 is 34.2. The molecular weight excluding hydrogens is 308 g/mol. The Morgan fingerprint density at radius 3 is 2.68 bits per heavy atom. The molecule has 0 bridgehead atoms. The summed E-state index contributed by atoms with van der Waals surface area (Å²) >= 11 is 0. The van der Waals surface area contributed by atoms with Crippen LogP contribution in [0.3, 0.4) is 0 Å². The molecule has 0 aromatic heterocycles. The van der Waals surface area contributed by atoms with Crippen molar-refractivity contribution in [1.82, 2.24) is 4.31 Å². The SMILES string of the molecule is N#CC1(C2COS(=O)(=O)N2C(=O)OCc2ccccc2)CC1. The predicted molar refractivity (Wildman–Crippen MR) is 74.4 cm³/mol. The van der Waals surface area contributed by atoms with E-state index in [0.29, 0.717) is 17.1 Å². The number of carbonyl (C=O) groups is 1. The molecule has 1 aliphatic heterocycles. The van der Waals surface area contributed by atoms with Gasteiger partial charge in [0.05, 0.1) is 24.1 Å². The summed E-state index contributed by atoms with van der Waals surface area (Å²) in [4.78, 5) is 12.2. The first-order valence-corrected chi connectivity index (χ1v) is 8.16. The number of rotatable bonds is 3. The number of ether oxygens (including phenoxy) is 1. The van der Waals surface area contributed by atoms with Crippen LogP contribution in [-0.2, 0) is 25.8 Å². The Bertz CT molecular complexity index is 721. The molecule has 8 heteroatoms. The number of amides is 1. The summed E-state index contributed by atoms with van der Waals surface area (Å²) in [6, 6.07) is 10.2. The van der Waals surface area contributed by atoms with Gasteiger partial charge in [0.25, 0.3) is 0 Å². The molecule has 2 fully saturated rings. The Labute approximate surface area is 128 Å². The first-order chi connectivity index (χ1) is 10.5. The molecule has 0 radical (unpaired) electrons. The van der Waals surface area contributed by atoms with E-state index in [9.17, 15) is 18.5 Å². The van der Waals surface area contributed by atoms with E-state index in [1.165, 1.54) is 0 Å². The number of carbonyl (C=O) groups excluding carboxylic acids is 1. The minimum atomic E-state index is -4.19. The van der Waals surface area contributed by atoms with E-state index < -0.39 is 27.9 Å². The van der Waals surface area contributed by atoms with Gasteiger partial charge < -0.3 is 4.74 Å². The summed E-state index contributed by atoms with van der Waals surface area (Å²) in [5.41, 5.74) is -0.0960. The van der Waals surface area contributed by atoms with E-state index in [0.717, 1.165) is 5.56 Å². The van der Waals surface area contributed by atoms with Gasteiger partial charge in [-0.25, -0.2) is 4.79 Å². The lowest BCUT2D eigenvalue weighted by molar-refractivity contribution is 0.106. The molecule has 1 heterocycles. The van der Waals surface area contributed by atoms with Gasteiger partial charge in [0.15, 0.2) is 0 Å². The topological polar surface area (TPSA) is 96.7 Å². The lowest BCUT2D eigenvalue weighted by Gasteiger charge is -2.23. The lowest BCUT2D eigenvalue weighted by atomic mass is 9.99. The first-order valence-electron chi connectivity index (χ1n) is 6.79. The molecule has 7 nitrogen and oxygen atoms in total. The molecule has 2 aliphatic rings. The van der Waals surface area contributed by atoms with E-state index in [4.69, 9.17) is 8.92 Å². The van der Waals surface area contributed by atoms with Crippen molar-refractivity contribution < 1.29 is 22.1 Å². The molecule has 1 aromatic carbocycles. The molecular formula is C14H14N2O5S. The Morgan fingerprint density at radius 2 is 2.09 bits per heavy atom. The fourth-order valence-corrected chi connectivity index (χ4v) is 3.69. The third kappa shape index (κ3) is 2.53. The van der Waals surface area contributed by atoms with Gasteiger partial charge in [-0.1, -0.05) is 30.3 Å². The number of hydrogen-bond acceptors (Lipinski definition) is 6. The van der Waals surface area contributed by atoms with Gasteiger partial charge >= 0.3 is 16.4 Å². The number of hydrogen-bond donors (Lipinski definition) is 0. The average Bonchev–Trinajstić information content (AvgIpc) is 3.24. The zero-order valence-electron chi connectivity index (χ0n) is 11.6. The Morgan fingerprint density at radius 1 is 1.41 bits per heavy atom. The number of benzene rings is 1. The second-order valence-electron chi connectivity index (χ2n) is 5.36. The minimum absolute atomic E-state index is 0.0437. The summed E-state index contributed by atoms with van der Waals surface area (Å²) in [6.07, 6.45) is 0.0956. The van der Waals surface area contributed by atoms with Crippen molar-refractivity contribution >= 4 is 16.4 Å². The smallest absolute Gasteiger partial charge is 0.426 e. The fraction of sp³-hybridized carbons (Fsp3) is 0.429. The first kappa shape index (κ1) is 14.8. The summed E-state index contributed by atoms with van der Waals surface area (Å²) in [5, 5.41) is 9.22. The zero-order valence-corrected chi connectivity index (χ0v) is 12.5. The van der Waals surface area contributed by atoms with Crippen LogP contribution in [0.15, 0.2) is 30.3 Å². The number of nitriles is 1. The molecule has 0 spiro atoms. The third-order valence-electron chi connectivity index (χ3n) is 3.93. The summed E-state index contributed by atoms with van der Waals surface area (Å²) in [5.74, 6) is 0. The average molecular weight is 322 g/mol. The van der Waals surface area contributed by atoms with E-state index in [2.05, 4.69) is 6.07 Å². The van der Waals surface area contributed by atoms with Crippen molar-refractivity contribution in [3.8, 4) is 6.07 Å². The Balaban J connectivity index is 1.75. The molecule has 1 amide bonds. The largest absolute Gasteiger partial charge is 0.444 e. The van der Waals surface area contributed by atoms with Gasteiger partial charge in [0, 0.05) is 0 Å². The van der Waals surface area contributed by atoms with Crippen LogP contribution >= 0.6 is 0 Å². The maximum absolute atomic E-state index is 12.2. The molecule has 1 saturated heterocycles. The van der Waals surface area contributed by atoms with Crippen molar-refractivity contribution in [2.45, 2.75) is 25.5 Å². The summed E-state index contributed by atoms with van der Waals surface area (Å²) in [7, 11) is -4.19. The normalized spacial score (nSPS) is 24.5. The van der Waals surface area contributed by atoms with E-state index in [-0.39, 0.29) is 13.2 Å². The molecule has 1 aliphatic carbocycles. The van der Waals surface area contributed by atoms with Crippen LogP contribution in [0.2, 0.25) is 0 Å². The third-order valence-corrected chi connectivity index (χ3v) is 5.25. The number of nitrogens with zero attached hydrogens (tertiary/aromatic N) is 2. The second kappa shape index (κ2) is 5.26. The van der Waals surface area contributed by atoms with E-state index in [1.54, 1.807) is 24.3 Å². The van der Waals surface area contributed by atoms with Crippen LogP contribution < -0.4 is 0 Å². The van der Waals surface area contributed by atoms with E-state index in [1.807, 2.05) is 6.07 Å². The molecule has 1 unspecified atom stereocenters. The van der Waals surface area contributed by atoms with Crippen LogP contribution in [0.1, 0.15) is 18.4 Å². The minimum Gasteiger partial charge on any atom is -0.444 e. The standard InChI is InChI=1S/C14H14N2O5S/c15-10-14(6-7-14)12-9-21-22(18,19)16(12)13(17)20-8-11-4-2-1-3-5-11/h1-5,12H,6-9H2. The van der Waals surface area contributed by atoms with Crippen LogP contribution in [0.25, 0.3) is 0 Å². The van der Waals surface area contributed by atoms with Crippen molar-refractivity contribution in [2.75, 3.05) is 6.61 Å². The van der Waals surface area contributed by atoms with Gasteiger partial charge in [-0.2, -0.15) is 18.0 Å². The highest BCUT2D eigenvalue weighted by atomic mass is 32.2. The van der Waals surface area contributed by atoms with Gasteiger partial charge in [0.1, 0.15) is 6.61 Å². The highest BCUT2D eigenvalue weighted by Crippen LogP contribution is 2.52. The maximum atomic E-state index is 12.2. The molecule has 1 atom stereocenters. The van der Waals surface area contributed by atoms with Crippen molar-refractivity contribution in [2.24, 2.45) is 5.41 Å². The van der Waals surface area contributed by atoms with Crippen molar-refractivity contribution in [3.05, 3.63) is 35.9 Å². The lowest BCUT2D eigenvalue weighted by Crippen LogP contribution is -2.44. The highest BCUT2D eigenvalue weighted by Gasteiger charge is 2.60. The van der Waals surface area contributed by atoms with Crippen LogP contribution in [-0.4, -0.2) is 31.5 Å². The van der Waals surface area contributed by atoms with Gasteiger partial charge in [-0.3, -0.25) is 4.18 Å². The molecule has 0 N–H and O–H groups in total. The van der Waals surface area contributed by atoms with Gasteiger partial charge in [-0.15, -0.1) is 0 Å². The highest BCUT2D eigenvalue weighted by molar-refractivity contribution is 7.85. The maximum Gasteiger partial charge on any atom is 0.426 e. The van der Waals surface area contributed by atoms with Crippen LogP contribution in [0, 0.1) is 16.7 Å². The van der Waals surface area contributed by atoms with Crippen molar-refractivity contribution in [1.29, 1.82) is 5.26 Å². The van der Waals surface area contributed by atoms with Crippen LogP contribution in [0.4, 0.5) is 4.79 Å². The molecule has 3 rings (SSSR count). The molecule has 116 valence electrons. The monoisotopic (exact) mass is 322 g/mol. The summed E-state index contributed by atoms with van der Waals surface area (Å²) in [6.45, 7) is -0.242. The van der Waals surface area contributed by atoms with Gasteiger partial charge in [0.2, 0.25) is 0 Å². The Kier molecular flexibility index (Phi) is 3.54. The quantitative estimate of drug-likeness (QED) is 0.838. The Hall–Kier alpha value is -2.11. The van der Waals surface area contributed by atoms with Crippen molar-refractivity contribution in [3.63, 3.8) is 0 Å². The zero-order chi connectivity index (χ0) is 15.8. The second-order valence-corrected chi connectivity index (χ2v) is 6.85. The van der Waals surface area contributed by atoms with Crippen LogP contribution in [0.5, 0.6) is 0 Å². The van der Waals surface area contributed by atoms with E-state index >= 15 is 0 Å². The molecule has 22 heavy (non-hydrogen) atoms. The van der Waals surface area contributed by atoms with Gasteiger partial charge in [-0.05, 0) is 18.4 Å².